The van der Waals surface area contributed by atoms with Gasteiger partial charge < -0.3 is 14.5 Å². The Morgan fingerprint density at radius 3 is 3.13 bits per heavy atom. The molecule has 0 amide bonds. The van der Waals surface area contributed by atoms with Gasteiger partial charge in [-0.1, -0.05) is 0 Å². The van der Waals surface area contributed by atoms with E-state index in [-0.39, 0.29) is 6.04 Å². The normalized spacial score (nSPS) is 24.0. The van der Waals surface area contributed by atoms with Crippen LogP contribution in [0.3, 0.4) is 0 Å². The second kappa shape index (κ2) is 4.77. The summed E-state index contributed by atoms with van der Waals surface area (Å²) in [5.74, 6) is 2.07. The predicted molar refractivity (Wildman–Crippen MR) is 56.8 cm³/mol. The van der Waals surface area contributed by atoms with E-state index in [4.69, 9.17) is 9.15 Å². The monoisotopic (exact) mass is 210 g/mol. The molecule has 0 bridgehead atoms. The van der Waals surface area contributed by atoms with Crippen LogP contribution in [0.5, 0.6) is 0 Å². The van der Waals surface area contributed by atoms with Crippen molar-refractivity contribution in [2.75, 3.05) is 20.3 Å². The lowest BCUT2D eigenvalue weighted by molar-refractivity contribution is 0.0720. The van der Waals surface area contributed by atoms with Gasteiger partial charge in [0.15, 0.2) is 5.89 Å². The first-order valence-corrected chi connectivity index (χ1v) is 5.52. The average molecular weight is 210 g/mol. The molecule has 1 aliphatic heterocycles. The van der Waals surface area contributed by atoms with E-state index in [1.807, 2.05) is 13.2 Å². The summed E-state index contributed by atoms with van der Waals surface area (Å²) in [7, 11) is 1.91. The van der Waals surface area contributed by atoms with Crippen molar-refractivity contribution < 1.29 is 9.15 Å². The van der Waals surface area contributed by atoms with Crippen molar-refractivity contribution in [1.82, 2.24) is 10.3 Å². The van der Waals surface area contributed by atoms with Gasteiger partial charge in [0.2, 0.25) is 0 Å². The van der Waals surface area contributed by atoms with Crippen molar-refractivity contribution in [3.05, 3.63) is 17.8 Å². The zero-order chi connectivity index (χ0) is 10.7. The van der Waals surface area contributed by atoms with Crippen LogP contribution in [0.2, 0.25) is 0 Å². The average Bonchev–Trinajstić information content (AvgIpc) is 2.78. The molecule has 0 radical (unpaired) electrons. The van der Waals surface area contributed by atoms with Crippen molar-refractivity contribution >= 4 is 0 Å². The first kappa shape index (κ1) is 10.6. The van der Waals surface area contributed by atoms with Gasteiger partial charge in [-0.15, -0.1) is 0 Å². The zero-order valence-electron chi connectivity index (χ0n) is 9.32. The summed E-state index contributed by atoms with van der Waals surface area (Å²) >= 11 is 0. The van der Waals surface area contributed by atoms with Gasteiger partial charge in [0, 0.05) is 6.61 Å². The molecular formula is C11H18N2O2. The van der Waals surface area contributed by atoms with E-state index in [9.17, 15) is 0 Å². The Morgan fingerprint density at radius 1 is 1.60 bits per heavy atom. The molecule has 0 aromatic carbocycles. The first-order valence-electron chi connectivity index (χ1n) is 5.52. The Hall–Kier alpha value is -0.870. The van der Waals surface area contributed by atoms with Gasteiger partial charge in [-0.2, -0.15) is 0 Å². The minimum Gasteiger partial charge on any atom is -0.444 e. The largest absolute Gasteiger partial charge is 0.444 e. The highest BCUT2D eigenvalue weighted by atomic mass is 16.5. The zero-order valence-corrected chi connectivity index (χ0v) is 9.32. The third-order valence-electron chi connectivity index (χ3n) is 2.91. The number of nitrogens with one attached hydrogen (secondary N) is 1. The van der Waals surface area contributed by atoms with E-state index < -0.39 is 0 Å². The lowest BCUT2D eigenvalue weighted by atomic mass is 10.0. The molecule has 1 saturated heterocycles. The van der Waals surface area contributed by atoms with Gasteiger partial charge in [-0.3, -0.25) is 0 Å². The minimum atomic E-state index is 0.218. The summed E-state index contributed by atoms with van der Waals surface area (Å²) < 4.78 is 11.1. The Bertz CT molecular complexity index is 305. The van der Waals surface area contributed by atoms with Gasteiger partial charge in [0.25, 0.3) is 0 Å². The third-order valence-corrected chi connectivity index (χ3v) is 2.91. The topological polar surface area (TPSA) is 47.3 Å². The number of nitrogens with zero attached hydrogens (tertiary/aromatic N) is 1. The molecule has 0 saturated carbocycles. The SMILES string of the molecule is CNC(C)c1cnc(C2CCCOC2)o1. The highest BCUT2D eigenvalue weighted by Crippen LogP contribution is 2.26. The van der Waals surface area contributed by atoms with Gasteiger partial charge in [0.05, 0.1) is 24.8 Å². The van der Waals surface area contributed by atoms with Crippen molar-refractivity contribution in [2.45, 2.75) is 31.7 Å². The number of rotatable bonds is 3. The third kappa shape index (κ3) is 2.38. The van der Waals surface area contributed by atoms with Gasteiger partial charge >= 0.3 is 0 Å². The van der Waals surface area contributed by atoms with E-state index in [0.29, 0.717) is 5.92 Å². The van der Waals surface area contributed by atoms with E-state index in [0.717, 1.165) is 37.7 Å². The first-order chi connectivity index (χ1) is 7.31. The van der Waals surface area contributed by atoms with Crippen LogP contribution in [-0.4, -0.2) is 25.2 Å². The molecule has 2 rings (SSSR count). The van der Waals surface area contributed by atoms with Crippen LogP contribution in [0.1, 0.15) is 43.4 Å². The molecular weight excluding hydrogens is 192 g/mol. The molecule has 0 spiro atoms. The van der Waals surface area contributed by atoms with Gasteiger partial charge in [0.1, 0.15) is 5.76 Å². The fourth-order valence-corrected chi connectivity index (χ4v) is 1.77. The maximum Gasteiger partial charge on any atom is 0.199 e. The summed E-state index contributed by atoms with van der Waals surface area (Å²) in [4.78, 5) is 4.32. The van der Waals surface area contributed by atoms with Crippen LogP contribution in [-0.2, 0) is 4.74 Å². The number of hydrogen-bond donors (Lipinski definition) is 1. The van der Waals surface area contributed by atoms with E-state index in [1.165, 1.54) is 0 Å². The number of oxazole rings is 1. The van der Waals surface area contributed by atoms with Crippen molar-refractivity contribution in [3.63, 3.8) is 0 Å². The molecule has 2 heterocycles. The molecule has 4 heteroatoms. The molecule has 0 aliphatic carbocycles. The molecule has 84 valence electrons. The number of aromatic nitrogens is 1. The smallest absolute Gasteiger partial charge is 0.199 e. The Kier molecular flexibility index (Phi) is 3.38. The van der Waals surface area contributed by atoms with E-state index in [2.05, 4.69) is 17.2 Å². The second-order valence-electron chi connectivity index (χ2n) is 4.03. The van der Waals surface area contributed by atoms with Crippen molar-refractivity contribution in [2.24, 2.45) is 0 Å². The molecule has 1 fully saturated rings. The van der Waals surface area contributed by atoms with Crippen LogP contribution in [0.4, 0.5) is 0 Å². The Balaban J connectivity index is 2.05. The van der Waals surface area contributed by atoms with Gasteiger partial charge in [-0.05, 0) is 26.8 Å². The van der Waals surface area contributed by atoms with Crippen molar-refractivity contribution in [3.8, 4) is 0 Å². The highest BCUT2D eigenvalue weighted by molar-refractivity contribution is 5.03. The second-order valence-corrected chi connectivity index (χ2v) is 4.03. The Morgan fingerprint density at radius 2 is 2.47 bits per heavy atom. The van der Waals surface area contributed by atoms with E-state index in [1.54, 1.807) is 0 Å². The standard InChI is InChI=1S/C11H18N2O2/c1-8(12-2)10-6-13-11(15-10)9-4-3-5-14-7-9/h6,8-9,12H,3-5,7H2,1-2H3. The molecule has 1 aromatic rings. The lowest BCUT2D eigenvalue weighted by Gasteiger charge is -2.18. The Labute approximate surface area is 90.0 Å². The summed E-state index contributed by atoms with van der Waals surface area (Å²) in [5.41, 5.74) is 0. The molecule has 2 unspecified atom stereocenters. The fourth-order valence-electron chi connectivity index (χ4n) is 1.77. The summed E-state index contributed by atoms with van der Waals surface area (Å²) in [5, 5.41) is 3.13. The summed E-state index contributed by atoms with van der Waals surface area (Å²) in [6, 6.07) is 0.218. The molecule has 4 nitrogen and oxygen atoms in total. The van der Waals surface area contributed by atoms with Gasteiger partial charge in [-0.25, -0.2) is 4.98 Å². The summed E-state index contributed by atoms with van der Waals surface area (Å²) in [6.07, 6.45) is 4.03. The molecule has 1 aliphatic rings. The summed E-state index contributed by atoms with van der Waals surface area (Å²) in [6.45, 7) is 3.67. The highest BCUT2D eigenvalue weighted by Gasteiger charge is 2.21. The molecule has 1 N–H and O–H groups in total. The minimum absolute atomic E-state index is 0.218. The maximum atomic E-state index is 5.72. The maximum absolute atomic E-state index is 5.72. The van der Waals surface area contributed by atoms with Crippen LogP contribution >= 0.6 is 0 Å². The van der Waals surface area contributed by atoms with Crippen LogP contribution in [0.15, 0.2) is 10.6 Å². The predicted octanol–water partition coefficient (Wildman–Crippen LogP) is 1.85. The van der Waals surface area contributed by atoms with Crippen LogP contribution < -0.4 is 5.32 Å². The lowest BCUT2D eigenvalue weighted by Crippen LogP contribution is -2.15. The van der Waals surface area contributed by atoms with E-state index >= 15 is 0 Å². The molecule has 2 atom stereocenters. The van der Waals surface area contributed by atoms with Crippen LogP contribution in [0, 0.1) is 0 Å². The molecule has 1 aromatic heterocycles. The number of hydrogen-bond acceptors (Lipinski definition) is 4. The van der Waals surface area contributed by atoms with Crippen molar-refractivity contribution in [1.29, 1.82) is 0 Å². The fraction of sp³-hybridized carbons (Fsp3) is 0.727. The quantitative estimate of drug-likeness (QED) is 0.827. The van der Waals surface area contributed by atoms with Crippen LogP contribution in [0.25, 0.3) is 0 Å². The molecule has 15 heavy (non-hydrogen) atoms. The number of ether oxygens (including phenoxy) is 1.